The molecule has 0 saturated carbocycles. The summed E-state index contributed by atoms with van der Waals surface area (Å²) in [4.78, 5) is 15.7. The molecule has 3 N–H and O–H groups in total. The molecule has 0 spiro atoms. The molecule has 4 nitrogen and oxygen atoms in total. The van der Waals surface area contributed by atoms with Crippen LogP contribution in [-0.2, 0) is 0 Å². The zero-order chi connectivity index (χ0) is 9.26. The van der Waals surface area contributed by atoms with Crippen molar-refractivity contribution in [3.05, 3.63) is 29.4 Å². The second kappa shape index (κ2) is 3.10. The van der Waals surface area contributed by atoms with Crippen molar-refractivity contribution in [1.82, 2.24) is 9.71 Å². The Morgan fingerprint density at radius 1 is 1.62 bits per heavy atom. The maximum Gasteiger partial charge on any atom is 0.321 e. The molecule has 0 fully saturated rings. The van der Waals surface area contributed by atoms with Crippen molar-refractivity contribution in [3.63, 3.8) is 0 Å². The van der Waals surface area contributed by atoms with Crippen molar-refractivity contribution in [2.24, 2.45) is 5.73 Å². The SMILES string of the molecule is NC(=O)N[SH]1C=Cc2ccncc21. The fraction of sp³-hybridized carbons (Fsp3) is 0. The highest BCUT2D eigenvalue weighted by molar-refractivity contribution is 8.18. The normalized spacial score (nSPS) is 21.1. The van der Waals surface area contributed by atoms with Crippen molar-refractivity contribution in [3.8, 4) is 0 Å². The first-order valence-electron chi connectivity index (χ1n) is 3.75. The number of nitrogens with one attached hydrogen (secondary N) is 1. The molecule has 1 aromatic rings. The largest absolute Gasteiger partial charge is 0.351 e. The lowest BCUT2D eigenvalue weighted by atomic mass is 10.3. The van der Waals surface area contributed by atoms with Gasteiger partial charge in [-0.1, -0.05) is 0 Å². The minimum absolute atomic E-state index is 0.493. The first kappa shape index (κ1) is 8.12. The number of carbonyl (C=O) groups is 1. The molecule has 1 aliphatic rings. The number of amides is 2. The van der Waals surface area contributed by atoms with Crippen LogP contribution in [0.2, 0.25) is 0 Å². The van der Waals surface area contributed by atoms with Crippen LogP contribution in [0.25, 0.3) is 6.08 Å². The number of carbonyl (C=O) groups excluding carboxylic acids is 1. The third-order valence-electron chi connectivity index (χ3n) is 1.73. The summed E-state index contributed by atoms with van der Waals surface area (Å²) >= 11 is -0.768. The van der Waals surface area contributed by atoms with E-state index in [1.54, 1.807) is 12.4 Å². The van der Waals surface area contributed by atoms with E-state index in [-0.39, 0.29) is 0 Å². The zero-order valence-electron chi connectivity index (χ0n) is 6.77. The first-order chi connectivity index (χ1) is 6.27. The maximum absolute atomic E-state index is 10.6. The molecule has 2 amide bonds. The van der Waals surface area contributed by atoms with Gasteiger partial charge < -0.3 is 5.73 Å². The summed E-state index contributed by atoms with van der Waals surface area (Å²) in [7, 11) is 0. The van der Waals surface area contributed by atoms with E-state index in [2.05, 4.69) is 9.71 Å². The van der Waals surface area contributed by atoms with E-state index in [0.717, 1.165) is 10.5 Å². The van der Waals surface area contributed by atoms with E-state index in [4.69, 9.17) is 5.73 Å². The van der Waals surface area contributed by atoms with Crippen LogP contribution in [0.1, 0.15) is 5.56 Å². The smallest absolute Gasteiger partial charge is 0.321 e. The maximum atomic E-state index is 10.6. The molecule has 2 heterocycles. The highest BCUT2D eigenvalue weighted by Crippen LogP contribution is 2.41. The summed E-state index contributed by atoms with van der Waals surface area (Å²) in [6, 6.07) is 1.42. The van der Waals surface area contributed by atoms with Crippen LogP contribution in [0.15, 0.2) is 28.8 Å². The standard InChI is InChI=1S/C8H9N3OS/c9-8(12)11-13-4-2-6-1-3-10-5-7(6)13/h1-5,13H,(H3,9,11,12). The quantitative estimate of drug-likeness (QED) is 0.585. The van der Waals surface area contributed by atoms with Crippen LogP contribution in [0.4, 0.5) is 4.79 Å². The first-order valence-corrected chi connectivity index (χ1v) is 5.16. The van der Waals surface area contributed by atoms with Gasteiger partial charge in [0, 0.05) is 17.3 Å². The molecule has 1 aliphatic heterocycles. The van der Waals surface area contributed by atoms with Crippen molar-refractivity contribution in [2.45, 2.75) is 4.90 Å². The Labute approximate surface area is 78.3 Å². The van der Waals surface area contributed by atoms with Crippen LogP contribution in [0, 0.1) is 0 Å². The molecule has 13 heavy (non-hydrogen) atoms. The molecule has 2 rings (SSSR count). The summed E-state index contributed by atoms with van der Waals surface area (Å²) in [6.45, 7) is 0. The topological polar surface area (TPSA) is 68.0 Å². The number of primary amides is 1. The number of rotatable bonds is 1. The molecular formula is C8H9N3OS. The zero-order valence-corrected chi connectivity index (χ0v) is 7.66. The number of pyridine rings is 1. The summed E-state index contributed by atoms with van der Waals surface area (Å²) in [5.74, 6) is 0. The van der Waals surface area contributed by atoms with E-state index in [9.17, 15) is 4.79 Å². The molecule has 5 heteroatoms. The van der Waals surface area contributed by atoms with Crippen LogP contribution < -0.4 is 10.5 Å². The number of nitrogens with zero attached hydrogens (tertiary/aromatic N) is 1. The van der Waals surface area contributed by atoms with Gasteiger partial charge in [0.15, 0.2) is 0 Å². The molecule has 1 aromatic heterocycles. The second-order valence-corrected chi connectivity index (χ2v) is 4.34. The molecular weight excluding hydrogens is 186 g/mol. The van der Waals surface area contributed by atoms with Gasteiger partial charge >= 0.3 is 6.03 Å². The average Bonchev–Trinajstić information content (AvgIpc) is 2.48. The van der Waals surface area contributed by atoms with Gasteiger partial charge in [0.2, 0.25) is 0 Å². The Kier molecular flexibility index (Phi) is 1.94. The minimum Gasteiger partial charge on any atom is -0.351 e. The molecule has 0 radical (unpaired) electrons. The van der Waals surface area contributed by atoms with E-state index in [0.29, 0.717) is 0 Å². The Morgan fingerprint density at radius 2 is 2.46 bits per heavy atom. The van der Waals surface area contributed by atoms with E-state index in [1.807, 2.05) is 17.6 Å². The van der Waals surface area contributed by atoms with Gasteiger partial charge in [-0.3, -0.25) is 9.71 Å². The third kappa shape index (κ3) is 1.50. The fourth-order valence-corrected chi connectivity index (χ4v) is 2.71. The average molecular weight is 195 g/mol. The van der Waals surface area contributed by atoms with E-state index >= 15 is 0 Å². The second-order valence-electron chi connectivity index (χ2n) is 2.60. The lowest BCUT2D eigenvalue weighted by molar-refractivity contribution is 0.254. The molecule has 68 valence electrons. The third-order valence-corrected chi connectivity index (χ3v) is 3.53. The number of urea groups is 1. The number of aromatic nitrogens is 1. The van der Waals surface area contributed by atoms with Gasteiger partial charge in [-0.05, 0) is 23.1 Å². The fourth-order valence-electron chi connectivity index (χ4n) is 1.19. The summed E-state index contributed by atoms with van der Waals surface area (Å²) < 4.78 is 2.67. The number of hydrogen-bond acceptors (Lipinski definition) is 2. The minimum atomic E-state index is -0.768. The highest BCUT2D eigenvalue weighted by Gasteiger charge is 2.14. The summed E-state index contributed by atoms with van der Waals surface area (Å²) in [6.07, 6.45) is 5.46. The van der Waals surface area contributed by atoms with Gasteiger partial charge in [-0.15, -0.1) is 11.1 Å². The predicted octanol–water partition coefficient (Wildman–Crippen LogP) is 1.01. The lowest BCUT2D eigenvalue weighted by Gasteiger charge is -2.14. The Bertz CT molecular complexity index is 377. The Hall–Kier alpha value is -1.49. The molecule has 1 unspecified atom stereocenters. The Morgan fingerprint density at radius 3 is 3.23 bits per heavy atom. The Balaban J connectivity index is 2.28. The highest BCUT2D eigenvalue weighted by atomic mass is 32.2. The van der Waals surface area contributed by atoms with Crippen molar-refractivity contribution in [2.75, 3.05) is 0 Å². The number of fused-ring (bicyclic) bond motifs is 1. The van der Waals surface area contributed by atoms with Gasteiger partial charge in [0.1, 0.15) is 0 Å². The molecule has 0 bridgehead atoms. The summed E-state index contributed by atoms with van der Waals surface area (Å²) in [5, 5.41) is 1.95. The molecule has 0 saturated heterocycles. The lowest BCUT2D eigenvalue weighted by Crippen LogP contribution is -2.25. The van der Waals surface area contributed by atoms with Crippen molar-refractivity contribution in [1.29, 1.82) is 0 Å². The molecule has 0 aliphatic carbocycles. The van der Waals surface area contributed by atoms with Crippen molar-refractivity contribution >= 4 is 23.2 Å². The molecule has 0 aromatic carbocycles. The van der Waals surface area contributed by atoms with Crippen molar-refractivity contribution < 1.29 is 4.79 Å². The van der Waals surface area contributed by atoms with Crippen LogP contribution in [-0.4, -0.2) is 11.0 Å². The van der Waals surface area contributed by atoms with Gasteiger partial charge in [-0.2, -0.15) is 0 Å². The molecule has 1 atom stereocenters. The van der Waals surface area contributed by atoms with Crippen LogP contribution >= 0.6 is 11.1 Å². The van der Waals surface area contributed by atoms with E-state index < -0.39 is 17.1 Å². The number of thiol groups is 1. The van der Waals surface area contributed by atoms with Crippen LogP contribution in [0.3, 0.4) is 0 Å². The predicted molar refractivity (Wildman–Crippen MR) is 53.2 cm³/mol. The number of hydrogen-bond donors (Lipinski definition) is 3. The van der Waals surface area contributed by atoms with E-state index in [1.165, 1.54) is 0 Å². The number of nitrogens with two attached hydrogens (primary N) is 1. The summed E-state index contributed by atoms with van der Waals surface area (Å²) in [5.41, 5.74) is 6.15. The van der Waals surface area contributed by atoms with Crippen LogP contribution in [0.5, 0.6) is 0 Å². The van der Waals surface area contributed by atoms with Gasteiger partial charge in [-0.25, -0.2) is 4.79 Å². The van der Waals surface area contributed by atoms with Gasteiger partial charge in [0.05, 0.1) is 0 Å². The van der Waals surface area contributed by atoms with Gasteiger partial charge in [0.25, 0.3) is 0 Å². The monoisotopic (exact) mass is 195 g/mol.